The number of phenols is 1. The Balaban J connectivity index is 2.54. The van der Waals surface area contributed by atoms with Gasteiger partial charge in [0.2, 0.25) is 5.91 Å². The molecule has 0 spiro atoms. The highest BCUT2D eigenvalue weighted by Crippen LogP contribution is 2.15. The van der Waals surface area contributed by atoms with E-state index in [1.54, 1.807) is 31.2 Å². The SMILES string of the molecule is CC(C)CCNC(=O)C(C)(N)Cc1ccc(O)cc1. The summed E-state index contributed by atoms with van der Waals surface area (Å²) < 4.78 is 0. The van der Waals surface area contributed by atoms with Gasteiger partial charge in [-0.25, -0.2) is 0 Å². The Bertz CT molecular complexity index is 411. The van der Waals surface area contributed by atoms with E-state index in [1.807, 2.05) is 0 Å². The summed E-state index contributed by atoms with van der Waals surface area (Å²) in [5.74, 6) is 0.631. The maximum Gasteiger partial charge on any atom is 0.240 e. The molecule has 1 rings (SSSR count). The molecule has 1 unspecified atom stereocenters. The Morgan fingerprint density at radius 2 is 1.95 bits per heavy atom. The average molecular weight is 264 g/mol. The molecule has 4 heteroatoms. The summed E-state index contributed by atoms with van der Waals surface area (Å²) in [6, 6.07) is 6.76. The van der Waals surface area contributed by atoms with Crippen molar-refractivity contribution >= 4 is 5.91 Å². The zero-order chi connectivity index (χ0) is 14.5. The van der Waals surface area contributed by atoms with E-state index in [9.17, 15) is 9.90 Å². The van der Waals surface area contributed by atoms with Crippen molar-refractivity contribution in [2.75, 3.05) is 6.54 Å². The third-order valence-electron chi connectivity index (χ3n) is 3.03. The molecule has 0 aliphatic carbocycles. The summed E-state index contributed by atoms with van der Waals surface area (Å²) in [7, 11) is 0. The first-order valence-electron chi connectivity index (χ1n) is 6.66. The van der Waals surface area contributed by atoms with Crippen LogP contribution in [0.3, 0.4) is 0 Å². The lowest BCUT2D eigenvalue weighted by atomic mass is 9.93. The maximum absolute atomic E-state index is 12.0. The molecular weight excluding hydrogens is 240 g/mol. The van der Waals surface area contributed by atoms with E-state index >= 15 is 0 Å². The van der Waals surface area contributed by atoms with Gasteiger partial charge < -0.3 is 16.2 Å². The van der Waals surface area contributed by atoms with Crippen LogP contribution in [-0.2, 0) is 11.2 Å². The first kappa shape index (κ1) is 15.5. The lowest BCUT2D eigenvalue weighted by molar-refractivity contribution is -0.125. The normalized spacial score (nSPS) is 14.2. The second-order valence-corrected chi connectivity index (χ2v) is 5.70. The summed E-state index contributed by atoms with van der Waals surface area (Å²) >= 11 is 0. The Kier molecular flexibility index (Phi) is 5.36. The van der Waals surface area contributed by atoms with Crippen LogP contribution >= 0.6 is 0 Å². The largest absolute Gasteiger partial charge is 0.508 e. The van der Waals surface area contributed by atoms with Gasteiger partial charge in [-0.05, 0) is 43.4 Å². The number of phenolic OH excluding ortho intramolecular Hbond substituents is 1. The Morgan fingerprint density at radius 1 is 1.37 bits per heavy atom. The van der Waals surface area contributed by atoms with Gasteiger partial charge in [0.05, 0.1) is 5.54 Å². The molecule has 0 fully saturated rings. The van der Waals surface area contributed by atoms with Gasteiger partial charge in [-0.2, -0.15) is 0 Å². The molecule has 1 amide bonds. The van der Waals surface area contributed by atoms with Crippen molar-refractivity contribution in [1.82, 2.24) is 5.32 Å². The van der Waals surface area contributed by atoms with Crippen molar-refractivity contribution in [3.8, 4) is 5.75 Å². The van der Waals surface area contributed by atoms with Crippen LogP contribution in [-0.4, -0.2) is 23.1 Å². The topological polar surface area (TPSA) is 75.4 Å². The monoisotopic (exact) mass is 264 g/mol. The van der Waals surface area contributed by atoms with Crippen LogP contribution in [0.4, 0.5) is 0 Å². The van der Waals surface area contributed by atoms with Gasteiger partial charge in [-0.1, -0.05) is 26.0 Å². The highest BCUT2D eigenvalue weighted by molar-refractivity contribution is 5.85. The van der Waals surface area contributed by atoms with Gasteiger partial charge >= 0.3 is 0 Å². The number of amides is 1. The molecule has 0 aliphatic rings. The van der Waals surface area contributed by atoms with Crippen molar-refractivity contribution in [3.63, 3.8) is 0 Å². The van der Waals surface area contributed by atoms with Crippen molar-refractivity contribution in [3.05, 3.63) is 29.8 Å². The quantitative estimate of drug-likeness (QED) is 0.733. The lowest BCUT2D eigenvalue weighted by Crippen LogP contribution is -2.53. The summed E-state index contributed by atoms with van der Waals surface area (Å²) in [4.78, 5) is 12.0. The van der Waals surface area contributed by atoms with Gasteiger partial charge in [-0.15, -0.1) is 0 Å². The third kappa shape index (κ3) is 5.30. The number of rotatable bonds is 6. The third-order valence-corrected chi connectivity index (χ3v) is 3.03. The van der Waals surface area contributed by atoms with Crippen molar-refractivity contribution in [1.29, 1.82) is 0 Å². The molecule has 1 aromatic rings. The smallest absolute Gasteiger partial charge is 0.240 e. The van der Waals surface area contributed by atoms with Crippen LogP contribution in [0.1, 0.15) is 32.8 Å². The Hall–Kier alpha value is -1.55. The van der Waals surface area contributed by atoms with E-state index in [4.69, 9.17) is 5.73 Å². The number of benzene rings is 1. The molecule has 0 aliphatic heterocycles. The van der Waals surface area contributed by atoms with Crippen molar-refractivity contribution in [2.24, 2.45) is 11.7 Å². The van der Waals surface area contributed by atoms with Crippen LogP contribution in [0.25, 0.3) is 0 Å². The molecule has 0 heterocycles. The number of aromatic hydroxyl groups is 1. The fourth-order valence-electron chi connectivity index (χ4n) is 1.79. The number of carbonyl (C=O) groups excluding carboxylic acids is 1. The predicted octanol–water partition coefficient (Wildman–Crippen LogP) is 1.81. The van der Waals surface area contributed by atoms with Gasteiger partial charge in [0, 0.05) is 6.54 Å². The highest BCUT2D eigenvalue weighted by atomic mass is 16.3. The molecule has 0 aromatic heterocycles. The fourth-order valence-corrected chi connectivity index (χ4v) is 1.79. The second-order valence-electron chi connectivity index (χ2n) is 5.70. The number of nitrogens with one attached hydrogen (secondary N) is 1. The average Bonchev–Trinajstić information content (AvgIpc) is 2.31. The Labute approximate surface area is 115 Å². The predicted molar refractivity (Wildman–Crippen MR) is 76.9 cm³/mol. The van der Waals surface area contributed by atoms with Gasteiger partial charge in [0.15, 0.2) is 0 Å². The van der Waals surface area contributed by atoms with Gasteiger partial charge in [-0.3, -0.25) is 4.79 Å². The minimum Gasteiger partial charge on any atom is -0.508 e. The van der Waals surface area contributed by atoms with E-state index in [-0.39, 0.29) is 11.7 Å². The van der Waals surface area contributed by atoms with Crippen LogP contribution < -0.4 is 11.1 Å². The molecule has 0 bridgehead atoms. The first-order valence-corrected chi connectivity index (χ1v) is 6.66. The van der Waals surface area contributed by atoms with Crippen LogP contribution in [0.15, 0.2) is 24.3 Å². The zero-order valence-corrected chi connectivity index (χ0v) is 11.9. The number of nitrogens with two attached hydrogens (primary N) is 1. The van der Waals surface area contributed by atoms with E-state index in [0.29, 0.717) is 18.9 Å². The lowest BCUT2D eigenvalue weighted by Gasteiger charge is -2.24. The minimum absolute atomic E-state index is 0.138. The van der Waals surface area contributed by atoms with E-state index in [0.717, 1.165) is 12.0 Å². The van der Waals surface area contributed by atoms with Gasteiger partial charge in [0.1, 0.15) is 5.75 Å². The van der Waals surface area contributed by atoms with Crippen LogP contribution in [0, 0.1) is 5.92 Å². The molecule has 106 valence electrons. The summed E-state index contributed by atoms with van der Waals surface area (Å²) in [5.41, 5.74) is 6.07. The van der Waals surface area contributed by atoms with Gasteiger partial charge in [0.25, 0.3) is 0 Å². The van der Waals surface area contributed by atoms with Crippen LogP contribution in [0.5, 0.6) is 5.75 Å². The highest BCUT2D eigenvalue weighted by Gasteiger charge is 2.28. The molecule has 4 nitrogen and oxygen atoms in total. The molecule has 0 saturated carbocycles. The van der Waals surface area contributed by atoms with Crippen LogP contribution in [0.2, 0.25) is 0 Å². The molecule has 0 radical (unpaired) electrons. The summed E-state index contributed by atoms with van der Waals surface area (Å²) in [6.07, 6.45) is 1.39. The standard InChI is InChI=1S/C15H24N2O2/c1-11(2)8-9-17-14(19)15(3,16)10-12-4-6-13(18)7-5-12/h4-7,11,18H,8-10,16H2,1-3H3,(H,17,19). The zero-order valence-electron chi connectivity index (χ0n) is 11.9. The minimum atomic E-state index is -0.937. The van der Waals surface area contributed by atoms with E-state index in [1.165, 1.54) is 0 Å². The number of hydrogen-bond donors (Lipinski definition) is 3. The molecule has 4 N–H and O–H groups in total. The van der Waals surface area contributed by atoms with Crippen molar-refractivity contribution < 1.29 is 9.90 Å². The number of hydrogen-bond acceptors (Lipinski definition) is 3. The fraction of sp³-hybridized carbons (Fsp3) is 0.533. The Morgan fingerprint density at radius 3 is 2.47 bits per heavy atom. The maximum atomic E-state index is 12.0. The molecule has 19 heavy (non-hydrogen) atoms. The molecule has 1 aromatic carbocycles. The molecular formula is C15H24N2O2. The summed E-state index contributed by atoms with van der Waals surface area (Å²) in [6.45, 7) is 6.61. The molecule has 0 saturated heterocycles. The first-order chi connectivity index (χ1) is 8.81. The number of carbonyl (C=O) groups is 1. The van der Waals surface area contributed by atoms with E-state index in [2.05, 4.69) is 19.2 Å². The van der Waals surface area contributed by atoms with E-state index < -0.39 is 5.54 Å². The second kappa shape index (κ2) is 6.57. The molecule has 1 atom stereocenters. The summed E-state index contributed by atoms with van der Waals surface area (Å²) in [5, 5.41) is 12.1. The van der Waals surface area contributed by atoms with Crippen molar-refractivity contribution in [2.45, 2.75) is 39.2 Å².